The fourth-order valence-electron chi connectivity index (χ4n) is 3.45. The quantitative estimate of drug-likeness (QED) is 0.340. The summed E-state index contributed by atoms with van der Waals surface area (Å²) in [4.78, 5) is 10.5. The normalized spacial score (nSPS) is 19.2. The number of para-hydroxylation sites is 1. The van der Waals surface area contributed by atoms with Crippen LogP contribution in [0.15, 0.2) is 84.9 Å². The maximum Gasteiger partial charge on any atom is 0.150 e. The number of anilines is 1. The molecule has 1 fully saturated rings. The molecule has 3 aromatic carbocycles. The molecule has 2 N–H and O–H groups in total. The highest BCUT2D eigenvalue weighted by atomic mass is 16.1. The van der Waals surface area contributed by atoms with Crippen molar-refractivity contribution in [2.45, 2.75) is 19.3 Å². The minimum Gasteiger partial charge on any atom is -0.399 e. The zero-order valence-corrected chi connectivity index (χ0v) is 14.9. The van der Waals surface area contributed by atoms with Crippen molar-refractivity contribution in [1.29, 1.82) is 0 Å². The van der Waals surface area contributed by atoms with Crippen molar-refractivity contribution < 1.29 is 4.79 Å². The maximum absolute atomic E-state index is 10.5. The summed E-state index contributed by atoms with van der Waals surface area (Å²) < 4.78 is 0. The lowest BCUT2D eigenvalue weighted by Gasteiger charge is -1.96. The molecule has 0 aliphatic heterocycles. The SMILES string of the molecule is C1=CC2CCC1C2.Nc1ccccc1.O=Cc1ccc2ccccc2c1. The number of hydrogen-bond acceptors (Lipinski definition) is 2. The lowest BCUT2D eigenvalue weighted by Crippen LogP contribution is -1.82. The van der Waals surface area contributed by atoms with Crippen LogP contribution in [0, 0.1) is 11.8 Å². The number of aldehydes is 1. The fourth-order valence-corrected chi connectivity index (χ4v) is 3.45. The van der Waals surface area contributed by atoms with Gasteiger partial charge in [-0.2, -0.15) is 0 Å². The summed E-state index contributed by atoms with van der Waals surface area (Å²) in [6.07, 6.45) is 10.1. The lowest BCUT2D eigenvalue weighted by molar-refractivity contribution is 0.112. The Bertz CT molecular complexity index is 858. The second kappa shape index (κ2) is 9.00. The average molecular weight is 343 g/mol. The van der Waals surface area contributed by atoms with E-state index in [4.69, 9.17) is 5.73 Å². The number of nitrogen functional groups attached to an aromatic ring is 1. The molecule has 3 aromatic rings. The van der Waals surface area contributed by atoms with Crippen LogP contribution in [0.1, 0.15) is 29.6 Å². The van der Waals surface area contributed by atoms with E-state index in [1.54, 1.807) is 0 Å². The van der Waals surface area contributed by atoms with E-state index in [9.17, 15) is 4.79 Å². The van der Waals surface area contributed by atoms with Gasteiger partial charge in [0, 0.05) is 11.3 Å². The molecule has 2 aliphatic carbocycles. The van der Waals surface area contributed by atoms with E-state index in [1.165, 1.54) is 24.6 Å². The molecule has 2 heteroatoms. The third kappa shape index (κ3) is 5.06. The second-order valence-corrected chi connectivity index (χ2v) is 6.85. The zero-order chi connectivity index (χ0) is 18.2. The molecule has 0 heterocycles. The summed E-state index contributed by atoms with van der Waals surface area (Å²) in [7, 11) is 0. The number of fused-ring (bicyclic) bond motifs is 3. The van der Waals surface area contributed by atoms with E-state index in [0.29, 0.717) is 0 Å². The van der Waals surface area contributed by atoms with Crippen LogP contribution in [0.2, 0.25) is 0 Å². The second-order valence-electron chi connectivity index (χ2n) is 6.85. The van der Waals surface area contributed by atoms with Gasteiger partial charge in [-0.25, -0.2) is 0 Å². The minimum absolute atomic E-state index is 0.730. The number of allylic oxidation sites excluding steroid dienone is 2. The molecule has 2 nitrogen and oxygen atoms in total. The average Bonchev–Trinajstić information content (AvgIpc) is 3.35. The highest BCUT2D eigenvalue weighted by Crippen LogP contribution is 2.38. The molecule has 0 aromatic heterocycles. The van der Waals surface area contributed by atoms with Crippen LogP contribution in [0.5, 0.6) is 0 Å². The summed E-state index contributed by atoms with van der Waals surface area (Å²) in [5, 5.41) is 2.28. The van der Waals surface area contributed by atoms with Crippen molar-refractivity contribution in [3.63, 3.8) is 0 Å². The van der Waals surface area contributed by atoms with Crippen LogP contribution in [0.25, 0.3) is 10.8 Å². The lowest BCUT2D eigenvalue weighted by atomic mass is 10.1. The molecule has 132 valence electrons. The van der Waals surface area contributed by atoms with E-state index < -0.39 is 0 Å². The largest absolute Gasteiger partial charge is 0.399 e. The van der Waals surface area contributed by atoms with Crippen LogP contribution in [-0.4, -0.2) is 6.29 Å². The minimum atomic E-state index is 0.730. The monoisotopic (exact) mass is 343 g/mol. The number of carbonyl (C=O) groups is 1. The van der Waals surface area contributed by atoms with Gasteiger partial charge in [0.15, 0.2) is 0 Å². The van der Waals surface area contributed by atoms with E-state index >= 15 is 0 Å². The van der Waals surface area contributed by atoms with Gasteiger partial charge in [-0.05, 0) is 60.1 Å². The summed E-state index contributed by atoms with van der Waals surface area (Å²) in [5.41, 5.74) is 6.91. The van der Waals surface area contributed by atoms with Crippen LogP contribution in [0.3, 0.4) is 0 Å². The molecule has 0 spiro atoms. The smallest absolute Gasteiger partial charge is 0.150 e. The van der Waals surface area contributed by atoms with Gasteiger partial charge in [0.05, 0.1) is 0 Å². The molecule has 0 radical (unpaired) electrons. The summed E-state index contributed by atoms with van der Waals surface area (Å²) >= 11 is 0. The van der Waals surface area contributed by atoms with Gasteiger partial charge in [-0.1, -0.05) is 66.7 Å². The summed E-state index contributed by atoms with van der Waals surface area (Å²) in [6.45, 7) is 0. The number of rotatable bonds is 1. The van der Waals surface area contributed by atoms with Crippen molar-refractivity contribution in [2.75, 3.05) is 5.73 Å². The number of hydrogen-bond donors (Lipinski definition) is 1. The maximum atomic E-state index is 10.5. The molecule has 2 atom stereocenters. The number of carbonyl (C=O) groups excluding carboxylic acids is 1. The predicted molar refractivity (Wildman–Crippen MR) is 110 cm³/mol. The van der Waals surface area contributed by atoms with Crippen LogP contribution < -0.4 is 5.73 Å². The van der Waals surface area contributed by atoms with Gasteiger partial charge >= 0.3 is 0 Å². The van der Waals surface area contributed by atoms with E-state index in [2.05, 4.69) is 12.2 Å². The Hall–Kier alpha value is -2.87. The van der Waals surface area contributed by atoms with Crippen LogP contribution >= 0.6 is 0 Å². The van der Waals surface area contributed by atoms with Crippen molar-refractivity contribution in [3.8, 4) is 0 Å². The highest BCUT2D eigenvalue weighted by molar-refractivity contribution is 5.88. The molecule has 26 heavy (non-hydrogen) atoms. The van der Waals surface area contributed by atoms with Crippen LogP contribution in [0.4, 0.5) is 5.69 Å². The topological polar surface area (TPSA) is 43.1 Å². The molecule has 0 amide bonds. The number of nitrogens with two attached hydrogens (primary N) is 1. The molecule has 2 bridgehead atoms. The van der Waals surface area contributed by atoms with Gasteiger partial charge in [-0.15, -0.1) is 0 Å². The molecule has 1 saturated carbocycles. The summed E-state index contributed by atoms with van der Waals surface area (Å²) in [5.74, 6) is 1.98. The van der Waals surface area contributed by atoms with Gasteiger partial charge < -0.3 is 5.73 Å². The molecule has 0 saturated heterocycles. The Balaban J connectivity index is 0.000000120. The van der Waals surface area contributed by atoms with Gasteiger partial charge in [0.2, 0.25) is 0 Å². The molecular weight excluding hydrogens is 318 g/mol. The van der Waals surface area contributed by atoms with Gasteiger partial charge in [0.1, 0.15) is 6.29 Å². The third-order valence-corrected chi connectivity index (χ3v) is 4.88. The van der Waals surface area contributed by atoms with Crippen molar-refractivity contribution in [1.82, 2.24) is 0 Å². The molecule has 2 aliphatic rings. The Labute approximate surface area is 155 Å². The van der Waals surface area contributed by atoms with Crippen molar-refractivity contribution >= 4 is 22.7 Å². The van der Waals surface area contributed by atoms with Crippen molar-refractivity contribution in [3.05, 3.63) is 90.5 Å². The first-order chi connectivity index (χ1) is 12.7. The summed E-state index contributed by atoms with van der Waals surface area (Å²) in [6, 6.07) is 23.2. The first-order valence-electron chi connectivity index (χ1n) is 9.17. The first-order valence-corrected chi connectivity index (χ1v) is 9.17. The Morgan fingerprint density at radius 2 is 1.38 bits per heavy atom. The van der Waals surface area contributed by atoms with Gasteiger partial charge in [-0.3, -0.25) is 4.79 Å². The highest BCUT2D eigenvalue weighted by Gasteiger charge is 2.25. The molecular formula is C24H25NO. The fraction of sp³-hybridized carbons (Fsp3) is 0.208. The third-order valence-electron chi connectivity index (χ3n) is 4.88. The molecule has 5 rings (SSSR count). The first kappa shape index (κ1) is 17.9. The van der Waals surface area contributed by atoms with Gasteiger partial charge in [0.25, 0.3) is 0 Å². The zero-order valence-electron chi connectivity index (χ0n) is 14.9. The number of benzene rings is 3. The van der Waals surface area contributed by atoms with E-state index in [0.717, 1.165) is 34.8 Å². The van der Waals surface area contributed by atoms with E-state index in [-0.39, 0.29) is 0 Å². The Morgan fingerprint density at radius 3 is 1.85 bits per heavy atom. The molecule has 2 unspecified atom stereocenters. The Kier molecular flexibility index (Phi) is 6.21. The van der Waals surface area contributed by atoms with E-state index in [1.807, 2.05) is 72.8 Å². The standard InChI is InChI=1S/C11H8O.C7H10.C6H7N/c12-8-9-5-6-10-3-1-2-4-11(10)7-9;1-2-7-4-3-6(1)5-7;7-6-4-2-1-3-5-6/h1-8H;1-2,6-7H,3-5H2;1-5H,7H2. The van der Waals surface area contributed by atoms with Crippen molar-refractivity contribution in [2.24, 2.45) is 11.8 Å². The van der Waals surface area contributed by atoms with Crippen LogP contribution in [-0.2, 0) is 0 Å². The Morgan fingerprint density at radius 1 is 0.769 bits per heavy atom. The predicted octanol–water partition coefficient (Wildman–Crippen LogP) is 5.89.